The molecule has 2 aliphatic rings. The highest BCUT2D eigenvalue weighted by atomic mass is 16.5. The molecule has 1 amide bonds. The minimum atomic E-state index is -0.103. The van der Waals surface area contributed by atoms with Crippen LogP contribution in [0, 0.1) is 6.92 Å². The smallest absolute Gasteiger partial charge is 0.253 e. The molecule has 1 aromatic heterocycles. The summed E-state index contributed by atoms with van der Waals surface area (Å²) in [6, 6.07) is 1.81. The second-order valence-corrected chi connectivity index (χ2v) is 5.09. The molecule has 2 aliphatic heterocycles. The van der Waals surface area contributed by atoms with Gasteiger partial charge in [0.05, 0.1) is 41.4 Å². The topological polar surface area (TPSA) is 77.2 Å². The normalized spacial score (nSPS) is 29.5. The van der Waals surface area contributed by atoms with Crippen molar-refractivity contribution in [1.82, 2.24) is 10.3 Å². The maximum absolute atomic E-state index is 12.2. The minimum absolute atomic E-state index is 0.103. The Morgan fingerprint density at radius 2 is 2.39 bits per heavy atom. The lowest BCUT2D eigenvalue weighted by Crippen LogP contribution is -2.41. The molecule has 96 valence electrons. The number of aryl methyl sites for hydroxylation is 1. The van der Waals surface area contributed by atoms with Gasteiger partial charge in [-0.15, -0.1) is 0 Å². The van der Waals surface area contributed by atoms with Crippen molar-refractivity contribution in [2.24, 2.45) is 0 Å². The second-order valence-electron chi connectivity index (χ2n) is 5.09. The summed E-state index contributed by atoms with van der Waals surface area (Å²) in [5.74, 6) is -0.103. The maximum Gasteiger partial charge on any atom is 0.253 e. The first-order valence-electron chi connectivity index (χ1n) is 6.32. The number of pyridine rings is 1. The standard InChI is InChI=1S/C13H17N3O2/c1-7-10(4-8(14)6-15-7)13(17)16-11-5-9-2-3-12(11)18-9/h4,6,9,11-12H,2-3,5,14H2,1H3,(H,16,17). The molecule has 3 unspecified atom stereocenters. The molecule has 1 aromatic rings. The summed E-state index contributed by atoms with van der Waals surface area (Å²) in [6.45, 7) is 1.81. The first-order valence-corrected chi connectivity index (χ1v) is 6.32. The number of hydrogen-bond acceptors (Lipinski definition) is 4. The fraction of sp³-hybridized carbons (Fsp3) is 0.538. The molecule has 0 aliphatic carbocycles. The van der Waals surface area contributed by atoms with E-state index in [-0.39, 0.29) is 18.1 Å². The molecule has 2 saturated heterocycles. The van der Waals surface area contributed by atoms with Gasteiger partial charge in [-0.05, 0) is 32.3 Å². The van der Waals surface area contributed by atoms with Gasteiger partial charge in [0.1, 0.15) is 0 Å². The number of amides is 1. The third-order valence-corrected chi connectivity index (χ3v) is 3.78. The molecule has 0 spiro atoms. The van der Waals surface area contributed by atoms with Gasteiger partial charge in [0.2, 0.25) is 0 Å². The molecule has 0 saturated carbocycles. The van der Waals surface area contributed by atoms with Crippen LogP contribution in [-0.2, 0) is 4.74 Å². The van der Waals surface area contributed by atoms with Crippen LogP contribution in [0.5, 0.6) is 0 Å². The zero-order valence-corrected chi connectivity index (χ0v) is 10.3. The van der Waals surface area contributed by atoms with Crippen molar-refractivity contribution in [2.45, 2.75) is 44.4 Å². The van der Waals surface area contributed by atoms with Crippen molar-refractivity contribution < 1.29 is 9.53 Å². The van der Waals surface area contributed by atoms with Gasteiger partial charge in [0.25, 0.3) is 5.91 Å². The lowest BCUT2D eigenvalue weighted by Gasteiger charge is -2.20. The molecule has 2 fully saturated rings. The molecule has 3 atom stereocenters. The first kappa shape index (κ1) is 11.5. The summed E-state index contributed by atoms with van der Waals surface area (Å²) in [4.78, 5) is 16.3. The van der Waals surface area contributed by atoms with E-state index in [9.17, 15) is 4.79 Å². The van der Waals surface area contributed by atoms with Crippen molar-refractivity contribution in [3.8, 4) is 0 Å². The number of anilines is 1. The predicted molar refractivity (Wildman–Crippen MR) is 67.2 cm³/mol. The van der Waals surface area contributed by atoms with Crippen molar-refractivity contribution in [1.29, 1.82) is 0 Å². The van der Waals surface area contributed by atoms with Gasteiger partial charge in [0.15, 0.2) is 0 Å². The number of carbonyl (C=O) groups is 1. The zero-order valence-electron chi connectivity index (χ0n) is 10.3. The Kier molecular flexibility index (Phi) is 2.70. The number of hydrogen-bond donors (Lipinski definition) is 2. The molecule has 0 aromatic carbocycles. The number of ether oxygens (including phenoxy) is 1. The van der Waals surface area contributed by atoms with Gasteiger partial charge in [0, 0.05) is 0 Å². The summed E-state index contributed by atoms with van der Waals surface area (Å²) in [6.07, 6.45) is 5.17. The number of rotatable bonds is 2. The molecule has 3 rings (SSSR count). The Balaban J connectivity index is 1.73. The average Bonchev–Trinajstić information content (AvgIpc) is 2.94. The van der Waals surface area contributed by atoms with Crippen LogP contribution < -0.4 is 11.1 Å². The fourth-order valence-corrected chi connectivity index (χ4v) is 2.82. The van der Waals surface area contributed by atoms with Crippen molar-refractivity contribution in [2.75, 3.05) is 5.73 Å². The molecular weight excluding hydrogens is 230 g/mol. The molecule has 2 bridgehead atoms. The maximum atomic E-state index is 12.2. The van der Waals surface area contributed by atoms with E-state index in [0.717, 1.165) is 19.3 Å². The quantitative estimate of drug-likeness (QED) is 0.818. The Morgan fingerprint density at radius 3 is 3.06 bits per heavy atom. The number of aromatic nitrogens is 1. The molecule has 0 radical (unpaired) electrons. The SMILES string of the molecule is Cc1ncc(N)cc1C(=O)NC1CC2CCC1O2. The fourth-order valence-electron chi connectivity index (χ4n) is 2.82. The molecule has 18 heavy (non-hydrogen) atoms. The van der Waals surface area contributed by atoms with Crippen LogP contribution >= 0.6 is 0 Å². The van der Waals surface area contributed by atoms with E-state index >= 15 is 0 Å². The van der Waals surface area contributed by atoms with Gasteiger partial charge < -0.3 is 15.8 Å². The second kappa shape index (κ2) is 4.24. The van der Waals surface area contributed by atoms with E-state index < -0.39 is 0 Å². The highest BCUT2D eigenvalue weighted by Crippen LogP contribution is 2.34. The highest BCUT2D eigenvalue weighted by molar-refractivity contribution is 5.96. The zero-order chi connectivity index (χ0) is 12.7. The largest absolute Gasteiger partial charge is 0.397 e. The lowest BCUT2D eigenvalue weighted by molar-refractivity contribution is 0.0840. The third-order valence-electron chi connectivity index (χ3n) is 3.78. The highest BCUT2D eigenvalue weighted by Gasteiger charge is 2.41. The number of nitrogens with two attached hydrogens (primary N) is 1. The summed E-state index contributed by atoms with van der Waals surface area (Å²) >= 11 is 0. The van der Waals surface area contributed by atoms with Crippen LogP contribution in [0.1, 0.15) is 35.3 Å². The van der Waals surface area contributed by atoms with Crippen LogP contribution in [0.25, 0.3) is 0 Å². The lowest BCUT2D eigenvalue weighted by atomic mass is 9.95. The minimum Gasteiger partial charge on any atom is -0.397 e. The van der Waals surface area contributed by atoms with Crippen molar-refractivity contribution in [3.63, 3.8) is 0 Å². The van der Waals surface area contributed by atoms with Crippen LogP contribution in [0.3, 0.4) is 0 Å². The summed E-state index contributed by atoms with van der Waals surface area (Å²) in [5, 5.41) is 3.04. The monoisotopic (exact) mass is 247 g/mol. The summed E-state index contributed by atoms with van der Waals surface area (Å²) in [5.41, 5.74) is 7.43. The third kappa shape index (κ3) is 1.95. The number of nitrogens with one attached hydrogen (secondary N) is 1. The number of carbonyl (C=O) groups excluding carboxylic acids is 1. The molecule has 3 heterocycles. The van der Waals surface area contributed by atoms with Crippen LogP contribution in [0.4, 0.5) is 5.69 Å². The number of nitrogen functional groups attached to an aromatic ring is 1. The van der Waals surface area contributed by atoms with Crippen LogP contribution in [-0.4, -0.2) is 29.1 Å². The van der Waals surface area contributed by atoms with E-state index in [4.69, 9.17) is 10.5 Å². The molecular formula is C13H17N3O2. The summed E-state index contributed by atoms with van der Waals surface area (Å²) in [7, 11) is 0. The van der Waals surface area contributed by atoms with Crippen LogP contribution in [0.15, 0.2) is 12.3 Å². The predicted octanol–water partition coefficient (Wildman–Crippen LogP) is 1.02. The van der Waals surface area contributed by atoms with Gasteiger partial charge in [-0.1, -0.05) is 0 Å². The van der Waals surface area contributed by atoms with E-state index in [1.165, 1.54) is 0 Å². The van der Waals surface area contributed by atoms with Gasteiger partial charge >= 0.3 is 0 Å². The van der Waals surface area contributed by atoms with E-state index in [2.05, 4.69) is 10.3 Å². The van der Waals surface area contributed by atoms with E-state index in [0.29, 0.717) is 23.0 Å². The Bertz CT molecular complexity index is 489. The molecule has 5 nitrogen and oxygen atoms in total. The number of fused-ring (bicyclic) bond motifs is 2. The Hall–Kier alpha value is -1.62. The van der Waals surface area contributed by atoms with E-state index in [1.807, 2.05) is 6.92 Å². The van der Waals surface area contributed by atoms with Gasteiger partial charge in [-0.3, -0.25) is 9.78 Å². The molecule has 3 N–H and O–H groups in total. The Labute approximate surface area is 106 Å². The van der Waals surface area contributed by atoms with Gasteiger partial charge in [-0.2, -0.15) is 0 Å². The molecule has 5 heteroatoms. The number of nitrogens with zero attached hydrogens (tertiary/aromatic N) is 1. The van der Waals surface area contributed by atoms with E-state index in [1.54, 1.807) is 12.3 Å². The first-order chi connectivity index (χ1) is 8.63. The van der Waals surface area contributed by atoms with Crippen LogP contribution in [0.2, 0.25) is 0 Å². The van der Waals surface area contributed by atoms with Crippen molar-refractivity contribution in [3.05, 3.63) is 23.5 Å². The average molecular weight is 247 g/mol. The Morgan fingerprint density at radius 1 is 1.56 bits per heavy atom. The van der Waals surface area contributed by atoms with Crippen molar-refractivity contribution >= 4 is 11.6 Å². The summed E-state index contributed by atoms with van der Waals surface area (Å²) < 4.78 is 5.72. The van der Waals surface area contributed by atoms with Gasteiger partial charge in [-0.25, -0.2) is 0 Å².